The topological polar surface area (TPSA) is 17.8 Å². The zero-order valence-electron chi connectivity index (χ0n) is 9.04. The van der Waals surface area contributed by atoms with Crippen LogP contribution in [-0.4, -0.2) is 15.7 Å². The number of halogens is 1. The molecule has 2 nitrogen and oxygen atoms in total. The highest BCUT2D eigenvalue weighted by Gasteiger charge is 2.08. The van der Waals surface area contributed by atoms with Gasteiger partial charge in [0.05, 0.1) is 6.20 Å². The first-order valence-electron chi connectivity index (χ1n) is 5.37. The highest BCUT2D eigenvalue weighted by Crippen LogP contribution is 2.15. The van der Waals surface area contributed by atoms with Crippen molar-refractivity contribution in [1.82, 2.24) is 9.78 Å². The van der Waals surface area contributed by atoms with Gasteiger partial charge in [0.1, 0.15) is 0 Å². The van der Waals surface area contributed by atoms with E-state index in [4.69, 9.17) is 11.6 Å². The fourth-order valence-electron chi connectivity index (χ4n) is 1.66. The van der Waals surface area contributed by atoms with Gasteiger partial charge >= 0.3 is 0 Å². The molecule has 0 saturated carbocycles. The minimum Gasteiger partial charge on any atom is -0.273 e. The Bertz CT molecular complexity index is 258. The van der Waals surface area contributed by atoms with Crippen LogP contribution in [0, 0.1) is 5.92 Å². The van der Waals surface area contributed by atoms with Crippen molar-refractivity contribution < 1.29 is 0 Å². The smallest absolute Gasteiger partial charge is 0.0521 e. The molecule has 1 aromatic heterocycles. The minimum atomic E-state index is 0.608. The van der Waals surface area contributed by atoms with Gasteiger partial charge in [-0.25, -0.2) is 0 Å². The molecule has 0 saturated heterocycles. The highest BCUT2D eigenvalue weighted by atomic mass is 35.5. The molecule has 0 amide bonds. The number of hydrogen-bond donors (Lipinski definition) is 0. The summed E-state index contributed by atoms with van der Waals surface area (Å²) in [6.07, 6.45) is 7.56. The van der Waals surface area contributed by atoms with Crippen LogP contribution in [0.3, 0.4) is 0 Å². The molecule has 0 aliphatic carbocycles. The Kier molecular flexibility index (Phi) is 5.02. The van der Waals surface area contributed by atoms with E-state index in [0.29, 0.717) is 5.92 Å². The van der Waals surface area contributed by atoms with Crippen molar-refractivity contribution in [3.8, 4) is 0 Å². The molecule has 1 unspecified atom stereocenters. The maximum atomic E-state index is 5.91. The van der Waals surface area contributed by atoms with Crippen LogP contribution in [0.2, 0.25) is 0 Å². The average molecular weight is 215 g/mol. The molecule has 0 aromatic carbocycles. The molecule has 0 spiro atoms. The Morgan fingerprint density at radius 2 is 2.29 bits per heavy atom. The van der Waals surface area contributed by atoms with Crippen LogP contribution in [0.4, 0.5) is 0 Å². The predicted octanol–water partition coefficient (Wildman–Crippen LogP) is 3.10. The first-order chi connectivity index (χ1) is 6.80. The second-order valence-corrected chi connectivity index (χ2v) is 4.03. The van der Waals surface area contributed by atoms with E-state index in [1.54, 1.807) is 0 Å². The number of nitrogens with zero attached hydrogens (tertiary/aromatic N) is 2. The maximum Gasteiger partial charge on any atom is 0.0521 e. The van der Waals surface area contributed by atoms with Gasteiger partial charge in [-0.15, -0.1) is 11.6 Å². The van der Waals surface area contributed by atoms with Crippen molar-refractivity contribution in [2.45, 2.75) is 39.7 Å². The average Bonchev–Trinajstić information content (AvgIpc) is 2.65. The Balaban J connectivity index is 2.48. The third-order valence-corrected chi connectivity index (χ3v) is 2.89. The lowest BCUT2D eigenvalue weighted by Crippen LogP contribution is -2.05. The zero-order valence-corrected chi connectivity index (χ0v) is 9.80. The Labute approximate surface area is 91.3 Å². The molecule has 0 aliphatic rings. The van der Waals surface area contributed by atoms with E-state index in [9.17, 15) is 0 Å². The van der Waals surface area contributed by atoms with E-state index in [-0.39, 0.29) is 0 Å². The largest absolute Gasteiger partial charge is 0.273 e. The van der Waals surface area contributed by atoms with Gasteiger partial charge in [0.25, 0.3) is 0 Å². The fraction of sp³-hybridized carbons (Fsp3) is 0.727. The van der Waals surface area contributed by atoms with Crippen molar-refractivity contribution in [2.75, 3.05) is 5.88 Å². The molecule has 14 heavy (non-hydrogen) atoms. The molecule has 1 heterocycles. The van der Waals surface area contributed by atoms with E-state index in [1.165, 1.54) is 18.4 Å². The Hall–Kier alpha value is -0.500. The summed E-state index contributed by atoms with van der Waals surface area (Å²) in [6.45, 7) is 5.25. The van der Waals surface area contributed by atoms with E-state index in [2.05, 4.69) is 25.1 Å². The molecule has 0 aliphatic heterocycles. The predicted molar refractivity (Wildman–Crippen MR) is 60.7 cm³/mol. The Morgan fingerprint density at radius 3 is 2.79 bits per heavy atom. The summed E-state index contributed by atoms with van der Waals surface area (Å²) in [6, 6.07) is 0. The quantitative estimate of drug-likeness (QED) is 0.666. The van der Waals surface area contributed by atoms with Crippen molar-refractivity contribution in [1.29, 1.82) is 0 Å². The lowest BCUT2D eigenvalue weighted by molar-refractivity contribution is 0.528. The molecule has 0 N–H and O–H groups in total. The van der Waals surface area contributed by atoms with Gasteiger partial charge in [-0.2, -0.15) is 5.10 Å². The SMILES string of the molecule is CCCC(CCl)Cc1cnn(CC)c1. The summed E-state index contributed by atoms with van der Waals surface area (Å²) in [5, 5.41) is 4.26. The second-order valence-electron chi connectivity index (χ2n) is 3.72. The van der Waals surface area contributed by atoms with Crippen LogP contribution in [0.25, 0.3) is 0 Å². The summed E-state index contributed by atoms with van der Waals surface area (Å²) in [5.74, 6) is 1.36. The van der Waals surface area contributed by atoms with Gasteiger partial charge in [-0.3, -0.25) is 4.68 Å². The number of hydrogen-bond acceptors (Lipinski definition) is 1. The summed E-state index contributed by atoms with van der Waals surface area (Å²) >= 11 is 5.91. The summed E-state index contributed by atoms with van der Waals surface area (Å²) in [5.41, 5.74) is 1.31. The van der Waals surface area contributed by atoms with Crippen molar-refractivity contribution in [3.63, 3.8) is 0 Å². The molecular formula is C11H19ClN2. The number of aromatic nitrogens is 2. The van der Waals surface area contributed by atoms with Gasteiger partial charge in [0, 0.05) is 18.6 Å². The highest BCUT2D eigenvalue weighted by molar-refractivity contribution is 6.18. The van der Waals surface area contributed by atoms with Crippen molar-refractivity contribution in [2.24, 2.45) is 5.92 Å². The molecule has 1 atom stereocenters. The van der Waals surface area contributed by atoms with E-state index in [0.717, 1.165) is 18.8 Å². The van der Waals surface area contributed by atoms with Crippen molar-refractivity contribution >= 4 is 11.6 Å². The number of alkyl halides is 1. The van der Waals surface area contributed by atoms with Crippen LogP contribution in [0.1, 0.15) is 32.3 Å². The Morgan fingerprint density at radius 1 is 1.50 bits per heavy atom. The molecule has 0 fully saturated rings. The maximum absolute atomic E-state index is 5.91. The summed E-state index contributed by atoms with van der Waals surface area (Å²) in [7, 11) is 0. The van der Waals surface area contributed by atoms with Crippen LogP contribution < -0.4 is 0 Å². The minimum absolute atomic E-state index is 0.608. The number of rotatable bonds is 6. The van der Waals surface area contributed by atoms with Crippen LogP contribution in [-0.2, 0) is 13.0 Å². The van der Waals surface area contributed by atoms with Gasteiger partial charge < -0.3 is 0 Å². The molecule has 0 radical (unpaired) electrons. The van der Waals surface area contributed by atoms with Gasteiger partial charge in [-0.1, -0.05) is 13.3 Å². The standard InChI is InChI=1S/C11H19ClN2/c1-3-5-10(7-12)6-11-8-13-14(4-2)9-11/h8-10H,3-7H2,1-2H3. The van der Waals surface area contributed by atoms with Gasteiger partial charge in [-0.05, 0) is 31.2 Å². The molecule has 1 rings (SSSR count). The third kappa shape index (κ3) is 3.33. The summed E-state index contributed by atoms with van der Waals surface area (Å²) in [4.78, 5) is 0. The molecule has 3 heteroatoms. The molecule has 0 bridgehead atoms. The number of aryl methyl sites for hydroxylation is 1. The third-order valence-electron chi connectivity index (χ3n) is 2.45. The lowest BCUT2D eigenvalue weighted by atomic mass is 9.99. The van der Waals surface area contributed by atoms with E-state index in [1.807, 2.05) is 10.9 Å². The zero-order chi connectivity index (χ0) is 10.4. The van der Waals surface area contributed by atoms with Crippen LogP contribution in [0.15, 0.2) is 12.4 Å². The van der Waals surface area contributed by atoms with Crippen LogP contribution >= 0.6 is 11.6 Å². The fourth-order valence-corrected chi connectivity index (χ4v) is 1.92. The summed E-state index contributed by atoms with van der Waals surface area (Å²) < 4.78 is 1.96. The normalized spacial score (nSPS) is 13.1. The lowest BCUT2D eigenvalue weighted by Gasteiger charge is -2.10. The van der Waals surface area contributed by atoms with Crippen LogP contribution in [0.5, 0.6) is 0 Å². The second kappa shape index (κ2) is 6.07. The van der Waals surface area contributed by atoms with Gasteiger partial charge in [0.2, 0.25) is 0 Å². The van der Waals surface area contributed by atoms with E-state index < -0.39 is 0 Å². The molecule has 80 valence electrons. The molecular weight excluding hydrogens is 196 g/mol. The molecule has 1 aromatic rings. The van der Waals surface area contributed by atoms with E-state index >= 15 is 0 Å². The monoisotopic (exact) mass is 214 g/mol. The first-order valence-corrected chi connectivity index (χ1v) is 5.90. The van der Waals surface area contributed by atoms with Gasteiger partial charge in [0.15, 0.2) is 0 Å². The first kappa shape index (κ1) is 11.6. The van der Waals surface area contributed by atoms with Crippen molar-refractivity contribution in [3.05, 3.63) is 18.0 Å².